The number of thioether (sulfide) groups is 2. The summed E-state index contributed by atoms with van der Waals surface area (Å²) in [5.41, 5.74) is 2.62. The molecule has 0 spiro atoms. The molecule has 0 saturated carbocycles. The van der Waals surface area contributed by atoms with Crippen molar-refractivity contribution >= 4 is 36.3 Å². The Morgan fingerprint density at radius 3 is 2.00 bits per heavy atom. The molecule has 0 unspecified atom stereocenters. The van der Waals surface area contributed by atoms with Gasteiger partial charge in [0, 0.05) is 19.4 Å². The Morgan fingerprint density at radius 1 is 1.10 bits per heavy atom. The van der Waals surface area contributed by atoms with Crippen LogP contribution in [-0.4, -0.2) is 41.3 Å². The summed E-state index contributed by atoms with van der Waals surface area (Å²) in [7, 11) is 3.74. The Hall–Kier alpha value is -1.11. The van der Waals surface area contributed by atoms with E-state index in [4.69, 9.17) is 4.74 Å². The van der Waals surface area contributed by atoms with E-state index in [2.05, 4.69) is 85.6 Å². The molecule has 1 N–H and O–H groups in total. The first-order chi connectivity index (χ1) is 14.4. The van der Waals surface area contributed by atoms with Gasteiger partial charge in [0.1, 0.15) is 0 Å². The first-order valence-electron chi connectivity index (χ1n) is 9.75. The molecule has 0 aliphatic carbocycles. The van der Waals surface area contributed by atoms with Gasteiger partial charge in [0.2, 0.25) is 0 Å². The minimum atomic E-state index is 0.782. The number of nitrogens with zero attached hydrogens (tertiary/aromatic N) is 3. The van der Waals surface area contributed by atoms with Crippen molar-refractivity contribution in [3.8, 4) is 12.8 Å². The summed E-state index contributed by atoms with van der Waals surface area (Å²) < 4.78 is 9.85. The lowest BCUT2D eigenvalue weighted by Gasteiger charge is -2.05. The summed E-state index contributed by atoms with van der Waals surface area (Å²) in [6.45, 7) is 10.1. The van der Waals surface area contributed by atoms with Gasteiger partial charge in [0.25, 0.3) is 0 Å². The van der Waals surface area contributed by atoms with Crippen LogP contribution in [0.15, 0.2) is 34.6 Å². The minimum Gasteiger partial charge on any atom is -0.381 e. The molecule has 2 rings (SSSR count). The SMILES string of the molecule is C#C.CC(C)C.CCOCCc1ccc(CSc2nnc(SC)n2C)cc1.CNS. The maximum Gasteiger partial charge on any atom is 0.191 e. The van der Waals surface area contributed by atoms with E-state index in [1.54, 1.807) is 30.6 Å². The zero-order chi connectivity index (χ0) is 23.4. The zero-order valence-electron chi connectivity index (χ0n) is 19.4. The molecule has 5 nitrogen and oxygen atoms in total. The summed E-state index contributed by atoms with van der Waals surface area (Å²) in [5, 5.41) is 10.3. The number of aromatic nitrogens is 3. The molecule has 0 atom stereocenters. The van der Waals surface area contributed by atoms with E-state index in [0.29, 0.717) is 0 Å². The number of rotatable bonds is 8. The maximum absolute atomic E-state index is 5.38. The zero-order valence-corrected chi connectivity index (χ0v) is 21.9. The van der Waals surface area contributed by atoms with Crippen LogP contribution in [0.25, 0.3) is 0 Å². The fourth-order valence-electron chi connectivity index (χ4n) is 1.89. The van der Waals surface area contributed by atoms with E-state index in [0.717, 1.165) is 41.6 Å². The molecule has 170 valence electrons. The van der Waals surface area contributed by atoms with Crippen LogP contribution in [-0.2, 0) is 24.0 Å². The molecular formula is C22H38N4OS3. The number of terminal acetylenes is 1. The van der Waals surface area contributed by atoms with Crippen LogP contribution in [0.5, 0.6) is 0 Å². The second-order valence-corrected chi connectivity index (χ2v) is 8.70. The van der Waals surface area contributed by atoms with Crippen LogP contribution in [0.3, 0.4) is 0 Å². The lowest BCUT2D eigenvalue weighted by molar-refractivity contribution is 0.151. The highest BCUT2D eigenvalue weighted by Gasteiger charge is 2.08. The van der Waals surface area contributed by atoms with Crippen molar-refractivity contribution in [3.63, 3.8) is 0 Å². The van der Waals surface area contributed by atoms with Crippen molar-refractivity contribution in [1.82, 2.24) is 19.5 Å². The van der Waals surface area contributed by atoms with E-state index < -0.39 is 0 Å². The summed E-state index contributed by atoms with van der Waals surface area (Å²) in [4.78, 5) is 0. The Kier molecular flexibility index (Phi) is 21.9. The first-order valence-corrected chi connectivity index (χ1v) is 12.4. The molecule has 0 fully saturated rings. The van der Waals surface area contributed by atoms with Gasteiger partial charge >= 0.3 is 0 Å². The van der Waals surface area contributed by atoms with Crippen molar-refractivity contribution in [2.24, 2.45) is 13.0 Å². The highest BCUT2D eigenvalue weighted by atomic mass is 32.2. The van der Waals surface area contributed by atoms with Crippen LogP contribution in [0.2, 0.25) is 0 Å². The molecule has 0 radical (unpaired) electrons. The lowest BCUT2D eigenvalue weighted by Crippen LogP contribution is -1.98. The Balaban J connectivity index is 0. The number of nitrogens with one attached hydrogen (secondary N) is 1. The normalized spacial score (nSPS) is 9.57. The Labute approximate surface area is 198 Å². The molecule has 1 heterocycles. The van der Waals surface area contributed by atoms with Crippen LogP contribution in [0.1, 0.15) is 38.8 Å². The number of benzene rings is 1. The monoisotopic (exact) mass is 470 g/mol. The largest absolute Gasteiger partial charge is 0.381 e. The number of ether oxygens (including phenoxy) is 1. The van der Waals surface area contributed by atoms with Crippen molar-refractivity contribution in [1.29, 1.82) is 0 Å². The molecule has 1 aromatic heterocycles. The van der Waals surface area contributed by atoms with Gasteiger partial charge < -0.3 is 9.30 Å². The van der Waals surface area contributed by atoms with Crippen LogP contribution >= 0.6 is 36.3 Å². The number of hydrogen-bond donors (Lipinski definition) is 2. The van der Waals surface area contributed by atoms with Crippen molar-refractivity contribution in [3.05, 3.63) is 35.4 Å². The Morgan fingerprint density at radius 2 is 1.57 bits per heavy atom. The third-order valence-corrected chi connectivity index (χ3v) is 4.92. The van der Waals surface area contributed by atoms with Gasteiger partial charge in [0.15, 0.2) is 10.3 Å². The topological polar surface area (TPSA) is 52.0 Å². The molecule has 0 amide bonds. The average molecular weight is 471 g/mol. The van der Waals surface area contributed by atoms with Crippen molar-refractivity contribution < 1.29 is 4.74 Å². The van der Waals surface area contributed by atoms with E-state index in [9.17, 15) is 0 Å². The van der Waals surface area contributed by atoms with Crippen molar-refractivity contribution in [2.45, 2.75) is 50.2 Å². The van der Waals surface area contributed by atoms with Gasteiger partial charge in [-0.25, -0.2) is 0 Å². The lowest BCUT2D eigenvalue weighted by atomic mass is 10.1. The van der Waals surface area contributed by atoms with E-state index >= 15 is 0 Å². The summed E-state index contributed by atoms with van der Waals surface area (Å²) >= 11 is 6.87. The predicted molar refractivity (Wildman–Crippen MR) is 137 cm³/mol. The molecule has 0 aliphatic rings. The van der Waals surface area contributed by atoms with Gasteiger partial charge in [-0.3, -0.25) is 4.72 Å². The third kappa shape index (κ3) is 15.7. The van der Waals surface area contributed by atoms with E-state index in [1.807, 2.05) is 24.8 Å². The summed E-state index contributed by atoms with van der Waals surface area (Å²) in [6, 6.07) is 8.72. The summed E-state index contributed by atoms with van der Waals surface area (Å²) in [6.07, 6.45) is 11.0. The van der Waals surface area contributed by atoms with E-state index in [1.165, 1.54) is 11.1 Å². The molecule has 0 bridgehead atoms. The van der Waals surface area contributed by atoms with Gasteiger partial charge in [-0.1, -0.05) is 81.4 Å². The third-order valence-electron chi connectivity index (χ3n) is 3.11. The smallest absolute Gasteiger partial charge is 0.191 e. The van der Waals surface area contributed by atoms with Crippen LogP contribution in [0.4, 0.5) is 0 Å². The van der Waals surface area contributed by atoms with Crippen LogP contribution in [0, 0.1) is 18.8 Å². The quantitative estimate of drug-likeness (QED) is 0.234. The van der Waals surface area contributed by atoms with Gasteiger partial charge in [0.05, 0.1) is 6.61 Å². The molecule has 0 aliphatic heterocycles. The molecule has 30 heavy (non-hydrogen) atoms. The highest BCUT2D eigenvalue weighted by Crippen LogP contribution is 2.23. The first kappa shape index (κ1) is 31.1. The molecular weight excluding hydrogens is 432 g/mol. The molecule has 2 aromatic rings. The fraction of sp³-hybridized carbons (Fsp3) is 0.545. The fourth-order valence-corrected chi connectivity index (χ4v) is 3.30. The Bertz CT molecular complexity index is 655. The van der Waals surface area contributed by atoms with E-state index in [-0.39, 0.29) is 0 Å². The van der Waals surface area contributed by atoms with Crippen molar-refractivity contribution in [2.75, 3.05) is 26.5 Å². The number of hydrogen-bond acceptors (Lipinski definition) is 7. The maximum atomic E-state index is 5.38. The van der Waals surface area contributed by atoms with Gasteiger partial charge in [-0.2, -0.15) is 0 Å². The standard InChI is InChI=1S/C15H21N3OS2.C4H10.C2H2.CH5NS/c1-4-19-10-9-12-5-7-13(8-6-12)11-21-15-17-16-14(20-3)18(15)2;1-4(2)3;1-2;1-2-3/h5-8H,4,9-11H2,1-3H3;4H,1-3H3;1-2H;2-3H,1H3. The minimum absolute atomic E-state index is 0.782. The molecule has 0 saturated heterocycles. The van der Waals surface area contributed by atoms with Gasteiger partial charge in [-0.05, 0) is 43.7 Å². The molecule has 1 aromatic carbocycles. The number of thiol groups is 1. The van der Waals surface area contributed by atoms with Gasteiger partial charge in [-0.15, -0.1) is 23.0 Å². The summed E-state index contributed by atoms with van der Waals surface area (Å²) in [5.74, 6) is 1.74. The second-order valence-electron chi connectivity index (χ2n) is 6.54. The second kappa shape index (κ2) is 21.1. The van der Waals surface area contributed by atoms with Crippen LogP contribution < -0.4 is 4.72 Å². The average Bonchev–Trinajstić information content (AvgIpc) is 3.09. The molecule has 8 heteroatoms. The highest BCUT2D eigenvalue weighted by molar-refractivity contribution is 7.99. The predicted octanol–water partition coefficient (Wildman–Crippen LogP) is 5.37.